The molecule has 0 aromatic carbocycles. The number of rotatable bonds is 3. The molecule has 0 amide bonds. The highest BCUT2D eigenvalue weighted by atomic mass is 32.1. The average molecular weight is 144 g/mol. The Balaban J connectivity index is 3.99. The smallest absolute Gasteiger partial charge is 0.0846 e. The number of hydrogen-bond acceptors (Lipinski definition) is 1. The first-order valence-corrected chi connectivity index (χ1v) is 3.67. The van der Waals surface area contributed by atoms with Crippen molar-refractivity contribution >= 4 is 16.6 Å². The molecule has 2 heteroatoms. The van der Waals surface area contributed by atoms with Gasteiger partial charge in [-0.3, -0.25) is 0 Å². The van der Waals surface area contributed by atoms with Crippen LogP contribution >= 0.6 is 0 Å². The lowest BCUT2D eigenvalue weighted by molar-refractivity contribution is 0.552. The Kier molecular flexibility index (Phi) is 3.47. The molecule has 0 heterocycles. The highest BCUT2D eigenvalue weighted by Crippen LogP contribution is 2.16. The van der Waals surface area contributed by atoms with Gasteiger partial charge in [-0.05, 0) is 11.8 Å². The van der Waals surface area contributed by atoms with Crippen LogP contribution in [0.5, 0.6) is 0 Å². The molecule has 0 spiro atoms. The summed E-state index contributed by atoms with van der Waals surface area (Å²) in [5.74, 6) is 0. The fourth-order valence-electron chi connectivity index (χ4n) is 0.550. The normalized spacial score (nSPS) is 10.4. The predicted molar refractivity (Wildman–Crippen MR) is 42.8 cm³/mol. The fourth-order valence-corrected chi connectivity index (χ4v) is 0.907. The first kappa shape index (κ1) is 8.63. The summed E-state index contributed by atoms with van der Waals surface area (Å²) < 4.78 is 10.0. The molecule has 0 saturated heterocycles. The Morgan fingerprint density at radius 2 is 2.22 bits per heavy atom. The molecule has 0 saturated carbocycles. The second kappa shape index (κ2) is 3.62. The molecular weight excluding hydrogens is 132 g/mol. The Labute approximate surface area is 59.8 Å². The van der Waals surface area contributed by atoms with Gasteiger partial charge < -0.3 is 0 Å². The van der Waals surface area contributed by atoms with Crippen molar-refractivity contribution in [2.24, 2.45) is 5.41 Å². The summed E-state index contributed by atoms with van der Waals surface area (Å²) >= 11 is 0.526. The zero-order chi connectivity index (χ0) is 7.33. The van der Waals surface area contributed by atoms with Crippen molar-refractivity contribution in [3.05, 3.63) is 12.7 Å². The Morgan fingerprint density at radius 3 is 2.56 bits per heavy atom. The van der Waals surface area contributed by atoms with E-state index in [1.165, 1.54) is 0 Å². The zero-order valence-corrected chi connectivity index (χ0v) is 6.70. The molecule has 0 bridgehead atoms. The third kappa shape index (κ3) is 4.15. The topological polar surface area (TPSA) is 17.1 Å². The lowest BCUT2D eigenvalue weighted by Gasteiger charge is -2.13. The van der Waals surface area contributed by atoms with Crippen molar-refractivity contribution < 1.29 is 4.21 Å². The summed E-state index contributed by atoms with van der Waals surface area (Å²) in [4.78, 5) is 0. The van der Waals surface area contributed by atoms with Crippen LogP contribution in [0, 0.1) is 5.41 Å². The molecular formula is C7H12OS. The Hall–Kier alpha value is -0.370. The molecule has 52 valence electrons. The summed E-state index contributed by atoms with van der Waals surface area (Å²) in [6.45, 7) is 7.62. The Morgan fingerprint density at radius 1 is 1.67 bits per heavy atom. The molecule has 9 heavy (non-hydrogen) atoms. The molecule has 0 aliphatic heterocycles. The Bertz CT molecular complexity index is 143. The second-order valence-corrected chi connectivity index (χ2v) is 3.12. The maximum atomic E-state index is 10.0. The number of allylic oxidation sites excluding steroid dienone is 1. The SMILES string of the molecule is C=CCC(C)(C)C=S=O. The quantitative estimate of drug-likeness (QED) is 0.434. The minimum atomic E-state index is 0.00810. The molecule has 0 aromatic heterocycles. The first-order valence-electron chi connectivity index (χ1n) is 2.86. The van der Waals surface area contributed by atoms with Crippen molar-refractivity contribution in [2.45, 2.75) is 20.3 Å². The van der Waals surface area contributed by atoms with E-state index in [-0.39, 0.29) is 5.41 Å². The van der Waals surface area contributed by atoms with Crippen molar-refractivity contribution in [1.82, 2.24) is 0 Å². The zero-order valence-electron chi connectivity index (χ0n) is 5.89. The largest absolute Gasteiger partial charge is 0.213 e. The molecule has 0 rings (SSSR count). The lowest BCUT2D eigenvalue weighted by Crippen LogP contribution is -2.10. The van der Waals surface area contributed by atoms with Crippen LogP contribution in [-0.2, 0) is 11.3 Å². The molecule has 0 aliphatic rings. The van der Waals surface area contributed by atoms with E-state index >= 15 is 0 Å². The van der Waals surface area contributed by atoms with E-state index in [2.05, 4.69) is 6.58 Å². The van der Waals surface area contributed by atoms with Crippen molar-refractivity contribution in [1.29, 1.82) is 0 Å². The molecule has 0 aliphatic carbocycles. The van der Waals surface area contributed by atoms with Crippen LogP contribution in [0.3, 0.4) is 0 Å². The van der Waals surface area contributed by atoms with E-state index in [0.717, 1.165) is 6.42 Å². The van der Waals surface area contributed by atoms with Gasteiger partial charge in [0.15, 0.2) is 0 Å². The van der Waals surface area contributed by atoms with Crippen LogP contribution in [0.15, 0.2) is 12.7 Å². The van der Waals surface area contributed by atoms with Crippen molar-refractivity contribution in [3.63, 3.8) is 0 Å². The molecule has 0 atom stereocenters. The number of hydrogen-bond donors (Lipinski definition) is 0. The monoisotopic (exact) mass is 144 g/mol. The van der Waals surface area contributed by atoms with Crippen LogP contribution in [0.25, 0.3) is 0 Å². The van der Waals surface area contributed by atoms with Crippen LogP contribution in [-0.4, -0.2) is 9.58 Å². The molecule has 0 N–H and O–H groups in total. The maximum absolute atomic E-state index is 10.0. The van der Waals surface area contributed by atoms with Crippen LogP contribution in [0.1, 0.15) is 20.3 Å². The van der Waals surface area contributed by atoms with Crippen molar-refractivity contribution in [2.75, 3.05) is 0 Å². The van der Waals surface area contributed by atoms with E-state index in [1.807, 2.05) is 19.9 Å². The van der Waals surface area contributed by atoms with Gasteiger partial charge in [0.25, 0.3) is 0 Å². The predicted octanol–water partition coefficient (Wildman–Crippen LogP) is 1.60. The first-order chi connectivity index (χ1) is 4.12. The van der Waals surface area contributed by atoms with Gasteiger partial charge in [0, 0.05) is 5.37 Å². The molecule has 0 aromatic rings. The van der Waals surface area contributed by atoms with Gasteiger partial charge >= 0.3 is 0 Å². The van der Waals surface area contributed by atoms with Gasteiger partial charge in [0.2, 0.25) is 0 Å². The maximum Gasteiger partial charge on any atom is 0.0846 e. The van der Waals surface area contributed by atoms with Crippen LogP contribution < -0.4 is 0 Å². The van der Waals surface area contributed by atoms with Crippen LogP contribution in [0.2, 0.25) is 0 Å². The summed E-state index contributed by atoms with van der Waals surface area (Å²) in [5, 5.41) is 1.69. The molecule has 0 unspecified atom stereocenters. The third-order valence-electron chi connectivity index (χ3n) is 1.04. The average Bonchev–Trinajstić information content (AvgIpc) is 1.64. The highest BCUT2D eigenvalue weighted by molar-refractivity contribution is 7.64. The standard InChI is InChI=1S/C7H12OS/c1-4-5-7(2,3)6-9-8/h4,6H,1,5H2,2-3H3. The van der Waals surface area contributed by atoms with E-state index in [9.17, 15) is 4.21 Å². The summed E-state index contributed by atoms with van der Waals surface area (Å²) in [6, 6.07) is 0. The highest BCUT2D eigenvalue weighted by Gasteiger charge is 2.10. The van der Waals surface area contributed by atoms with Gasteiger partial charge in [-0.15, -0.1) is 6.58 Å². The summed E-state index contributed by atoms with van der Waals surface area (Å²) in [6.07, 6.45) is 2.69. The second-order valence-electron chi connectivity index (χ2n) is 2.70. The van der Waals surface area contributed by atoms with Gasteiger partial charge in [-0.2, -0.15) is 0 Å². The molecule has 0 radical (unpaired) electrons. The van der Waals surface area contributed by atoms with Crippen LogP contribution in [0.4, 0.5) is 0 Å². The van der Waals surface area contributed by atoms with Gasteiger partial charge in [-0.1, -0.05) is 19.9 Å². The summed E-state index contributed by atoms with van der Waals surface area (Å²) in [7, 11) is 0. The van der Waals surface area contributed by atoms with E-state index in [4.69, 9.17) is 0 Å². The molecule has 1 nitrogen and oxygen atoms in total. The van der Waals surface area contributed by atoms with Crippen molar-refractivity contribution in [3.8, 4) is 0 Å². The summed E-state index contributed by atoms with van der Waals surface area (Å²) in [5.41, 5.74) is 0.00810. The van der Waals surface area contributed by atoms with Gasteiger partial charge in [-0.25, -0.2) is 4.21 Å². The van der Waals surface area contributed by atoms with Gasteiger partial charge in [0.1, 0.15) is 0 Å². The fraction of sp³-hybridized carbons (Fsp3) is 0.571. The van der Waals surface area contributed by atoms with Gasteiger partial charge in [0.05, 0.1) is 11.3 Å². The van der Waals surface area contributed by atoms with E-state index in [0.29, 0.717) is 11.3 Å². The van der Waals surface area contributed by atoms with E-state index in [1.54, 1.807) is 5.37 Å². The lowest BCUT2D eigenvalue weighted by atomic mass is 9.92. The van der Waals surface area contributed by atoms with E-state index < -0.39 is 0 Å². The minimum Gasteiger partial charge on any atom is -0.213 e. The minimum absolute atomic E-state index is 0.00810. The molecule has 0 fully saturated rings. The third-order valence-corrected chi connectivity index (χ3v) is 1.77.